The number of carbonyl (C=O) groups is 1. The lowest BCUT2D eigenvalue weighted by Crippen LogP contribution is -2.48. The van der Waals surface area contributed by atoms with Crippen LogP contribution in [-0.2, 0) is 0 Å². The first-order valence-corrected chi connectivity index (χ1v) is 7.44. The molecule has 0 aliphatic carbocycles. The molecule has 1 aliphatic rings. The van der Waals surface area contributed by atoms with E-state index in [-0.39, 0.29) is 16.9 Å². The molecule has 4 nitrogen and oxygen atoms in total. The van der Waals surface area contributed by atoms with E-state index in [0.29, 0.717) is 13.1 Å². The van der Waals surface area contributed by atoms with Gasteiger partial charge in [0.25, 0.3) is 5.91 Å². The second kappa shape index (κ2) is 6.00. The summed E-state index contributed by atoms with van der Waals surface area (Å²) in [7, 11) is 0. The highest BCUT2D eigenvalue weighted by atomic mass is 35.5. The first kappa shape index (κ1) is 14.3. The number of halogens is 2. The molecule has 0 radical (unpaired) electrons. The van der Waals surface area contributed by atoms with E-state index in [1.54, 1.807) is 17.0 Å². The van der Waals surface area contributed by atoms with Gasteiger partial charge >= 0.3 is 0 Å². The van der Waals surface area contributed by atoms with E-state index in [1.165, 1.54) is 0 Å². The van der Waals surface area contributed by atoms with Gasteiger partial charge in [-0.15, -0.1) is 0 Å². The monoisotopic (exact) mass is 324 g/mol. The molecule has 6 heteroatoms. The predicted molar refractivity (Wildman–Crippen MR) is 83.3 cm³/mol. The maximum absolute atomic E-state index is 12.2. The van der Waals surface area contributed by atoms with E-state index in [4.69, 9.17) is 27.6 Å². The van der Waals surface area contributed by atoms with Gasteiger partial charge in [-0.25, -0.2) is 0 Å². The third-order valence-electron chi connectivity index (χ3n) is 3.52. The molecule has 0 saturated carbocycles. The molecule has 0 bridgehead atoms. The molecule has 0 spiro atoms. The average molecular weight is 325 g/mol. The Labute approximate surface area is 132 Å². The summed E-state index contributed by atoms with van der Waals surface area (Å²) in [4.78, 5) is 16.2. The Balaban J connectivity index is 1.64. The Hall–Kier alpha value is -1.65. The van der Waals surface area contributed by atoms with Crippen LogP contribution in [0.15, 0.2) is 40.8 Å². The summed E-state index contributed by atoms with van der Waals surface area (Å²) in [6.07, 6.45) is 0. The van der Waals surface area contributed by atoms with Crippen molar-refractivity contribution in [1.82, 2.24) is 4.90 Å². The molecular formula is C15H14Cl2N2O2. The van der Waals surface area contributed by atoms with Gasteiger partial charge in [0.15, 0.2) is 11.0 Å². The number of anilines is 1. The summed E-state index contributed by atoms with van der Waals surface area (Å²) in [5.41, 5.74) is 1.08. The van der Waals surface area contributed by atoms with Crippen molar-refractivity contribution in [2.45, 2.75) is 0 Å². The van der Waals surface area contributed by atoms with Crippen LogP contribution in [0.3, 0.4) is 0 Å². The number of rotatable bonds is 2. The second-order valence-corrected chi connectivity index (χ2v) is 5.67. The summed E-state index contributed by atoms with van der Waals surface area (Å²) in [5.74, 6) is 0.170. The highest BCUT2D eigenvalue weighted by Crippen LogP contribution is 2.22. The fourth-order valence-electron chi connectivity index (χ4n) is 2.43. The number of amides is 1. The summed E-state index contributed by atoms with van der Waals surface area (Å²) in [6, 6.07) is 10.9. The molecule has 21 heavy (non-hydrogen) atoms. The van der Waals surface area contributed by atoms with Gasteiger partial charge in [0.1, 0.15) is 0 Å². The van der Waals surface area contributed by atoms with Crippen LogP contribution in [0.2, 0.25) is 10.2 Å². The number of benzene rings is 1. The molecule has 1 amide bonds. The fraction of sp³-hybridized carbons (Fsp3) is 0.267. The summed E-state index contributed by atoms with van der Waals surface area (Å²) >= 11 is 11.7. The van der Waals surface area contributed by atoms with Crippen LogP contribution in [0.4, 0.5) is 5.69 Å². The van der Waals surface area contributed by atoms with Gasteiger partial charge in [-0.05, 0) is 41.9 Å². The van der Waals surface area contributed by atoms with Gasteiger partial charge in [-0.1, -0.05) is 17.7 Å². The van der Waals surface area contributed by atoms with Crippen molar-refractivity contribution in [1.29, 1.82) is 0 Å². The number of nitrogens with zero attached hydrogens (tertiary/aromatic N) is 2. The predicted octanol–water partition coefficient (Wildman–Crippen LogP) is 3.55. The van der Waals surface area contributed by atoms with E-state index in [1.807, 2.05) is 24.3 Å². The van der Waals surface area contributed by atoms with Gasteiger partial charge in [-0.2, -0.15) is 0 Å². The molecule has 0 unspecified atom stereocenters. The molecule has 1 fully saturated rings. The summed E-state index contributed by atoms with van der Waals surface area (Å²) in [5, 5.41) is 0.951. The number of carbonyl (C=O) groups excluding carboxylic acids is 1. The van der Waals surface area contributed by atoms with Crippen molar-refractivity contribution >= 4 is 34.8 Å². The topological polar surface area (TPSA) is 36.7 Å². The maximum atomic E-state index is 12.2. The second-order valence-electron chi connectivity index (χ2n) is 4.86. The highest BCUT2D eigenvalue weighted by Gasteiger charge is 2.24. The molecule has 1 saturated heterocycles. The zero-order valence-corrected chi connectivity index (χ0v) is 12.8. The third-order valence-corrected chi connectivity index (χ3v) is 3.96. The zero-order chi connectivity index (χ0) is 14.8. The molecule has 2 heterocycles. The quantitative estimate of drug-likeness (QED) is 0.847. The number of hydrogen-bond acceptors (Lipinski definition) is 3. The molecule has 0 atom stereocenters. The van der Waals surface area contributed by atoms with Crippen LogP contribution in [0, 0.1) is 0 Å². The lowest BCUT2D eigenvalue weighted by atomic mass is 10.2. The smallest absolute Gasteiger partial charge is 0.289 e. The first-order chi connectivity index (χ1) is 10.1. The molecular weight excluding hydrogens is 311 g/mol. The molecule has 0 N–H and O–H groups in total. The van der Waals surface area contributed by atoms with Crippen LogP contribution in [0.5, 0.6) is 0 Å². The Morgan fingerprint density at radius 2 is 1.81 bits per heavy atom. The van der Waals surface area contributed by atoms with Crippen LogP contribution >= 0.6 is 23.2 Å². The van der Waals surface area contributed by atoms with E-state index in [0.717, 1.165) is 23.8 Å². The Bertz CT molecular complexity index is 649. The van der Waals surface area contributed by atoms with Crippen molar-refractivity contribution < 1.29 is 9.21 Å². The van der Waals surface area contributed by atoms with Crippen molar-refractivity contribution in [3.63, 3.8) is 0 Å². The fourth-order valence-corrected chi connectivity index (χ4v) is 2.76. The molecule has 1 aliphatic heterocycles. The number of furan rings is 1. The van der Waals surface area contributed by atoms with E-state index >= 15 is 0 Å². The van der Waals surface area contributed by atoms with Gasteiger partial charge < -0.3 is 14.2 Å². The van der Waals surface area contributed by atoms with E-state index in [2.05, 4.69) is 4.90 Å². The van der Waals surface area contributed by atoms with Crippen LogP contribution in [0.1, 0.15) is 10.6 Å². The Morgan fingerprint density at radius 3 is 2.43 bits per heavy atom. The zero-order valence-electron chi connectivity index (χ0n) is 11.3. The minimum absolute atomic E-state index is 0.118. The Kier molecular flexibility index (Phi) is 4.08. The van der Waals surface area contributed by atoms with Crippen LogP contribution < -0.4 is 4.90 Å². The largest absolute Gasteiger partial charge is 0.440 e. The van der Waals surface area contributed by atoms with Crippen LogP contribution in [0.25, 0.3) is 0 Å². The van der Waals surface area contributed by atoms with Gasteiger partial charge in [0.05, 0.1) is 0 Å². The number of piperazine rings is 1. The van der Waals surface area contributed by atoms with Gasteiger partial charge in [0.2, 0.25) is 0 Å². The number of hydrogen-bond donors (Lipinski definition) is 0. The first-order valence-electron chi connectivity index (χ1n) is 6.68. The summed E-state index contributed by atoms with van der Waals surface area (Å²) in [6.45, 7) is 2.81. The molecule has 2 aromatic rings. The minimum Gasteiger partial charge on any atom is -0.440 e. The normalized spacial score (nSPS) is 15.3. The lowest BCUT2D eigenvalue weighted by molar-refractivity contribution is 0.0715. The molecule has 3 rings (SSSR count). The average Bonchev–Trinajstić information content (AvgIpc) is 2.93. The maximum Gasteiger partial charge on any atom is 0.289 e. The lowest BCUT2D eigenvalue weighted by Gasteiger charge is -2.35. The van der Waals surface area contributed by atoms with Crippen LogP contribution in [-0.4, -0.2) is 37.0 Å². The SMILES string of the molecule is O=C(c1ccc(Cl)o1)N1CCN(c2cccc(Cl)c2)CC1. The Morgan fingerprint density at radius 1 is 1.05 bits per heavy atom. The van der Waals surface area contributed by atoms with Gasteiger partial charge in [0, 0.05) is 36.9 Å². The van der Waals surface area contributed by atoms with Gasteiger partial charge in [-0.3, -0.25) is 4.79 Å². The summed E-state index contributed by atoms with van der Waals surface area (Å²) < 4.78 is 5.17. The van der Waals surface area contributed by atoms with Crippen molar-refractivity contribution in [3.05, 3.63) is 52.4 Å². The molecule has 110 valence electrons. The third kappa shape index (κ3) is 3.17. The highest BCUT2D eigenvalue weighted by molar-refractivity contribution is 6.30. The molecule has 1 aromatic heterocycles. The van der Waals surface area contributed by atoms with Crippen molar-refractivity contribution in [2.75, 3.05) is 31.1 Å². The van der Waals surface area contributed by atoms with E-state index < -0.39 is 0 Å². The minimum atomic E-state index is -0.118. The molecule has 1 aromatic carbocycles. The van der Waals surface area contributed by atoms with Crippen molar-refractivity contribution in [3.8, 4) is 0 Å². The van der Waals surface area contributed by atoms with E-state index in [9.17, 15) is 4.79 Å². The van der Waals surface area contributed by atoms with Crippen molar-refractivity contribution in [2.24, 2.45) is 0 Å². The standard InChI is InChI=1S/C15H14Cl2N2O2/c16-11-2-1-3-12(10-11)18-6-8-19(9-7-18)15(20)13-4-5-14(17)21-13/h1-5,10H,6-9H2.